The Kier molecular flexibility index (Phi) is 8.33. The summed E-state index contributed by atoms with van der Waals surface area (Å²) in [7, 11) is 0. The van der Waals surface area contributed by atoms with Crippen LogP contribution in [0.1, 0.15) is 38.2 Å². The summed E-state index contributed by atoms with van der Waals surface area (Å²) >= 11 is 6.85. The summed E-state index contributed by atoms with van der Waals surface area (Å²) in [6, 6.07) is 14.7. The first-order chi connectivity index (χ1) is 14.4. The highest BCUT2D eigenvalue weighted by Gasteiger charge is 2.28. The molecule has 1 unspecified atom stereocenters. The van der Waals surface area contributed by atoms with E-state index in [9.17, 15) is 9.59 Å². The summed E-state index contributed by atoms with van der Waals surface area (Å²) in [5.41, 5.74) is 0.946. The second-order valence-electron chi connectivity index (χ2n) is 7.56. The highest BCUT2D eigenvalue weighted by Crippen LogP contribution is 2.20. The molecular weight excluding hydrogens is 512 g/mol. The van der Waals surface area contributed by atoms with Gasteiger partial charge in [-0.3, -0.25) is 9.59 Å². The summed E-state index contributed by atoms with van der Waals surface area (Å²) in [5.74, 6) is 0.262. The summed E-state index contributed by atoms with van der Waals surface area (Å²) in [4.78, 5) is 27.5. The van der Waals surface area contributed by atoms with Crippen molar-refractivity contribution in [2.45, 2.75) is 51.2 Å². The number of benzene rings is 2. The van der Waals surface area contributed by atoms with Crippen LogP contribution in [0.2, 0.25) is 0 Å². The molecule has 160 valence electrons. The van der Waals surface area contributed by atoms with Crippen LogP contribution in [0.5, 0.6) is 5.75 Å². The Morgan fingerprint density at radius 1 is 1.10 bits per heavy atom. The van der Waals surface area contributed by atoms with Gasteiger partial charge in [0.1, 0.15) is 11.8 Å². The van der Waals surface area contributed by atoms with Crippen LogP contribution in [0.4, 0.5) is 0 Å². The van der Waals surface area contributed by atoms with Crippen molar-refractivity contribution in [3.63, 3.8) is 0 Å². The molecule has 1 aliphatic rings. The molecule has 7 heteroatoms. The van der Waals surface area contributed by atoms with E-state index < -0.39 is 6.04 Å². The number of nitrogens with one attached hydrogen (secondary N) is 1. The number of amides is 2. The van der Waals surface area contributed by atoms with Crippen molar-refractivity contribution < 1.29 is 14.3 Å². The second kappa shape index (κ2) is 11.0. The summed E-state index contributed by atoms with van der Waals surface area (Å²) < 4.78 is 7.55. The Labute approximate surface area is 194 Å². The standard InChI is InChI=1S/C23H26Br2N2O3/c1-16(23(29)26-20-7-2-3-8-20)27(14-17-5-4-6-19(25)13-17)22(28)15-30-21-11-9-18(24)10-12-21/h4-6,9-13,16,20H,2-3,7-8,14-15H2,1H3,(H,26,29). The van der Waals surface area contributed by atoms with Crippen molar-refractivity contribution in [2.24, 2.45) is 0 Å². The van der Waals surface area contributed by atoms with Gasteiger partial charge in [-0.05, 0) is 61.7 Å². The quantitative estimate of drug-likeness (QED) is 0.511. The van der Waals surface area contributed by atoms with Crippen molar-refractivity contribution in [1.82, 2.24) is 10.2 Å². The third-order valence-corrected chi connectivity index (χ3v) is 6.31. The molecule has 30 heavy (non-hydrogen) atoms. The van der Waals surface area contributed by atoms with Crippen LogP contribution in [0.3, 0.4) is 0 Å². The minimum absolute atomic E-state index is 0.117. The van der Waals surface area contributed by atoms with Crippen LogP contribution in [0, 0.1) is 0 Å². The van der Waals surface area contributed by atoms with Gasteiger partial charge in [0.05, 0.1) is 0 Å². The molecule has 3 rings (SSSR count). The van der Waals surface area contributed by atoms with Crippen molar-refractivity contribution in [3.8, 4) is 5.75 Å². The van der Waals surface area contributed by atoms with Crippen LogP contribution in [-0.4, -0.2) is 35.4 Å². The lowest BCUT2D eigenvalue weighted by molar-refractivity contribution is -0.142. The summed E-state index contributed by atoms with van der Waals surface area (Å²) in [5, 5.41) is 3.10. The summed E-state index contributed by atoms with van der Waals surface area (Å²) in [6.45, 7) is 1.98. The Hall–Kier alpha value is -1.86. The fourth-order valence-electron chi connectivity index (χ4n) is 3.57. The highest BCUT2D eigenvalue weighted by atomic mass is 79.9. The molecule has 0 spiro atoms. The first-order valence-corrected chi connectivity index (χ1v) is 11.7. The molecule has 2 aromatic rings. The fourth-order valence-corrected chi connectivity index (χ4v) is 4.28. The van der Waals surface area contributed by atoms with Gasteiger partial charge in [0, 0.05) is 21.5 Å². The van der Waals surface area contributed by atoms with Crippen LogP contribution >= 0.6 is 31.9 Å². The Morgan fingerprint density at radius 2 is 1.80 bits per heavy atom. The molecule has 2 amide bonds. The van der Waals surface area contributed by atoms with E-state index in [0.29, 0.717) is 12.3 Å². The van der Waals surface area contributed by atoms with E-state index in [1.165, 1.54) is 0 Å². The molecule has 1 saturated carbocycles. The van der Waals surface area contributed by atoms with E-state index in [0.717, 1.165) is 40.2 Å². The maximum absolute atomic E-state index is 13.1. The zero-order valence-electron chi connectivity index (χ0n) is 16.9. The molecule has 0 aliphatic heterocycles. The maximum atomic E-state index is 13.1. The number of carbonyl (C=O) groups is 2. The van der Waals surface area contributed by atoms with Crippen LogP contribution < -0.4 is 10.1 Å². The van der Waals surface area contributed by atoms with E-state index in [1.807, 2.05) is 36.4 Å². The van der Waals surface area contributed by atoms with E-state index in [4.69, 9.17) is 4.74 Å². The lowest BCUT2D eigenvalue weighted by Gasteiger charge is -2.29. The Morgan fingerprint density at radius 3 is 2.47 bits per heavy atom. The topological polar surface area (TPSA) is 58.6 Å². The van der Waals surface area contributed by atoms with Crippen LogP contribution in [-0.2, 0) is 16.1 Å². The third kappa shape index (κ3) is 6.57. The molecule has 0 heterocycles. The number of hydrogen-bond acceptors (Lipinski definition) is 3. The molecular formula is C23H26Br2N2O3. The van der Waals surface area contributed by atoms with Crippen molar-refractivity contribution >= 4 is 43.7 Å². The number of nitrogens with zero attached hydrogens (tertiary/aromatic N) is 1. The van der Waals surface area contributed by atoms with Crippen LogP contribution in [0.15, 0.2) is 57.5 Å². The van der Waals surface area contributed by atoms with Gasteiger partial charge in [-0.15, -0.1) is 0 Å². The molecule has 0 bridgehead atoms. The first kappa shape index (κ1) is 22.8. The monoisotopic (exact) mass is 536 g/mol. The van der Waals surface area contributed by atoms with E-state index >= 15 is 0 Å². The molecule has 1 fully saturated rings. The largest absolute Gasteiger partial charge is 0.484 e. The van der Waals surface area contributed by atoms with E-state index in [2.05, 4.69) is 37.2 Å². The van der Waals surface area contributed by atoms with Gasteiger partial charge in [0.25, 0.3) is 5.91 Å². The van der Waals surface area contributed by atoms with Gasteiger partial charge in [0.15, 0.2) is 6.61 Å². The molecule has 2 aromatic carbocycles. The average Bonchev–Trinajstić information content (AvgIpc) is 3.24. The SMILES string of the molecule is CC(C(=O)NC1CCCC1)N(Cc1cccc(Br)c1)C(=O)COc1ccc(Br)cc1. The Bertz CT molecular complexity index is 867. The summed E-state index contributed by atoms with van der Waals surface area (Å²) in [6.07, 6.45) is 4.29. The van der Waals surface area contributed by atoms with Gasteiger partial charge < -0.3 is 15.0 Å². The number of ether oxygens (including phenoxy) is 1. The maximum Gasteiger partial charge on any atom is 0.261 e. The number of carbonyl (C=O) groups excluding carboxylic acids is 2. The third-order valence-electron chi connectivity index (χ3n) is 5.29. The minimum Gasteiger partial charge on any atom is -0.484 e. The molecule has 1 atom stereocenters. The van der Waals surface area contributed by atoms with E-state index in [1.54, 1.807) is 24.0 Å². The van der Waals surface area contributed by atoms with Crippen molar-refractivity contribution in [2.75, 3.05) is 6.61 Å². The number of rotatable bonds is 8. The second-order valence-corrected chi connectivity index (χ2v) is 9.39. The number of halogens is 2. The smallest absolute Gasteiger partial charge is 0.261 e. The van der Waals surface area contributed by atoms with Gasteiger partial charge in [-0.25, -0.2) is 0 Å². The first-order valence-electron chi connectivity index (χ1n) is 10.1. The average molecular weight is 538 g/mol. The predicted octanol–water partition coefficient (Wildman–Crippen LogP) is 5.07. The van der Waals surface area contributed by atoms with Gasteiger partial charge in [-0.2, -0.15) is 0 Å². The molecule has 1 aliphatic carbocycles. The van der Waals surface area contributed by atoms with Gasteiger partial charge >= 0.3 is 0 Å². The number of hydrogen-bond donors (Lipinski definition) is 1. The Balaban J connectivity index is 1.70. The molecule has 1 N–H and O–H groups in total. The van der Waals surface area contributed by atoms with Gasteiger partial charge in [0.2, 0.25) is 5.91 Å². The van der Waals surface area contributed by atoms with E-state index in [-0.39, 0.29) is 24.5 Å². The molecule has 0 radical (unpaired) electrons. The minimum atomic E-state index is -0.592. The van der Waals surface area contributed by atoms with Crippen molar-refractivity contribution in [3.05, 3.63) is 63.0 Å². The fraction of sp³-hybridized carbons (Fsp3) is 0.391. The molecule has 5 nitrogen and oxygen atoms in total. The molecule has 0 aromatic heterocycles. The highest BCUT2D eigenvalue weighted by molar-refractivity contribution is 9.10. The normalized spacial score (nSPS) is 14.9. The molecule has 0 saturated heterocycles. The zero-order chi connectivity index (χ0) is 21.5. The zero-order valence-corrected chi connectivity index (χ0v) is 20.1. The van der Waals surface area contributed by atoms with Crippen LogP contribution in [0.25, 0.3) is 0 Å². The lowest BCUT2D eigenvalue weighted by atomic mass is 10.1. The van der Waals surface area contributed by atoms with Gasteiger partial charge in [-0.1, -0.05) is 56.8 Å². The lowest BCUT2D eigenvalue weighted by Crippen LogP contribution is -2.50. The predicted molar refractivity (Wildman–Crippen MR) is 124 cm³/mol. The van der Waals surface area contributed by atoms with Crippen molar-refractivity contribution in [1.29, 1.82) is 0 Å².